The summed E-state index contributed by atoms with van der Waals surface area (Å²) in [6.07, 6.45) is 2.89. The highest BCUT2D eigenvalue weighted by Crippen LogP contribution is 2.30. The van der Waals surface area contributed by atoms with Gasteiger partial charge in [0.05, 0.1) is 25.6 Å². The lowest BCUT2D eigenvalue weighted by Crippen LogP contribution is -2.40. The summed E-state index contributed by atoms with van der Waals surface area (Å²) in [6.45, 7) is 1.61. The van der Waals surface area contributed by atoms with Crippen molar-refractivity contribution in [2.24, 2.45) is 0 Å². The zero-order chi connectivity index (χ0) is 19.0. The van der Waals surface area contributed by atoms with Gasteiger partial charge in [-0.3, -0.25) is 9.69 Å². The van der Waals surface area contributed by atoms with Gasteiger partial charge in [-0.2, -0.15) is 0 Å². The predicted molar refractivity (Wildman–Crippen MR) is 93.6 cm³/mol. The molecule has 8 heteroatoms. The number of urea groups is 1. The molecule has 3 heterocycles. The number of aromatic nitrogens is 1. The lowest BCUT2D eigenvalue weighted by Gasteiger charge is -2.18. The molecule has 1 aliphatic rings. The summed E-state index contributed by atoms with van der Waals surface area (Å²) in [5.74, 6) is 1.09. The molecule has 0 unspecified atom stereocenters. The van der Waals surface area contributed by atoms with Crippen LogP contribution in [0.2, 0.25) is 0 Å². The summed E-state index contributed by atoms with van der Waals surface area (Å²) in [6, 6.07) is 10.0. The fraction of sp³-hybridized carbons (Fsp3) is 0.211. The monoisotopic (exact) mass is 367 g/mol. The average Bonchev–Trinajstić information content (AvgIpc) is 3.41. The third-order valence-electron chi connectivity index (χ3n) is 4.50. The van der Waals surface area contributed by atoms with Gasteiger partial charge in [-0.25, -0.2) is 9.78 Å². The molecule has 3 amide bonds. The summed E-state index contributed by atoms with van der Waals surface area (Å²) in [5, 5.41) is 2.68. The van der Waals surface area contributed by atoms with Crippen LogP contribution in [-0.4, -0.2) is 28.9 Å². The Morgan fingerprint density at radius 2 is 1.96 bits per heavy atom. The van der Waals surface area contributed by atoms with Gasteiger partial charge in [0, 0.05) is 5.56 Å². The molecule has 1 saturated heterocycles. The van der Waals surface area contributed by atoms with E-state index in [0.29, 0.717) is 17.3 Å². The van der Waals surface area contributed by atoms with Crippen molar-refractivity contribution in [2.45, 2.75) is 19.0 Å². The molecule has 27 heavy (non-hydrogen) atoms. The second-order valence-corrected chi connectivity index (χ2v) is 6.30. The number of carbonyl (C=O) groups excluding carboxylic acids is 2. The van der Waals surface area contributed by atoms with Crippen LogP contribution in [0.4, 0.5) is 4.79 Å². The van der Waals surface area contributed by atoms with E-state index in [1.807, 2.05) is 12.1 Å². The first-order chi connectivity index (χ1) is 13.0. The Hall–Kier alpha value is -3.55. The van der Waals surface area contributed by atoms with E-state index in [-0.39, 0.29) is 6.54 Å². The standard InChI is InChI=1S/C19H17N3O5/c1-19(15-4-3-9-26-15)17(23)22(18(24)21-19)10-13-11-27-16(20-13)12-5-7-14(25-2)8-6-12/h3-9,11H,10H2,1-2H3,(H,21,24)/t19-/m0/s1. The van der Waals surface area contributed by atoms with Crippen molar-refractivity contribution < 1.29 is 23.2 Å². The first kappa shape index (κ1) is 16.9. The number of hydrogen-bond donors (Lipinski definition) is 1. The number of amides is 3. The first-order valence-corrected chi connectivity index (χ1v) is 8.28. The van der Waals surface area contributed by atoms with Crippen molar-refractivity contribution in [3.63, 3.8) is 0 Å². The van der Waals surface area contributed by atoms with Gasteiger partial charge in [-0.05, 0) is 43.3 Å². The molecule has 0 saturated carbocycles. The quantitative estimate of drug-likeness (QED) is 0.696. The van der Waals surface area contributed by atoms with Crippen LogP contribution in [0.5, 0.6) is 5.75 Å². The van der Waals surface area contributed by atoms with Crippen LogP contribution in [0.25, 0.3) is 11.5 Å². The van der Waals surface area contributed by atoms with E-state index in [1.165, 1.54) is 12.5 Å². The van der Waals surface area contributed by atoms with Crippen LogP contribution in [0.15, 0.2) is 57.8 Å². The van der Waals surface area contributed by atoms with Crippen LogP contribution in [0, 0.1) is 0 Å². The highest BCUT2D eigenvalue weighted by atomic mass is 16.5. The fourth-order valence-electron chi connectivity index (χ4n) is 2.98. The third kappa shape index (κ3) is 2.84. The Labute approximate surface area is 154 Å². The second kappa shape index (κ2) is 6.31. The van der Waals surface area contributed by atoms with E-state index in [9.17, 15) is 9.59 Å². The lowest BCUT2D eigenvalue weighted by atomic mass is 9.99. The van der Waals surface area contributed by atoms with Crippen LogP contribution in [0.1, 0.15) is 18.4 Å². The zero-order valence-electron chi connectivity index (χ0n) is 14.8. The van der Waals surface area contributed by atoms with Crippen LogP contribution >= 0.6 is 0 Å². The molecular weight excluding hydrogens is 350 g/mol. The number of furan rings is 1. The Bertz CT molecular complexity index is 977. The number of nitrogens with one attached hydrogen (secondary N) is 1. The fourth-order valence-corrected chi connectivity index (χ4v) is 2.98. The predicted octanol–water partition coefficient (Wildman–Crippen LogP) is 2.91. The van der Waals surface area contributed by atoms with E-state index in [0.717, 1.165) is 16.2 Å². The zero-order valence-corrected chi connectivity index (χ0v) is 14.8. The molecule has 1 N–H and O–H groups in total. The van der Waals surface area contributed by atoms with Gasteiger partial charge in [-0.15, -0.1) is 0 Å². The van der Waals surface area contributed by atoms with Crippen LogP contribution in [0.3, 0.4) is 0 Å². The Balaban J connectivity index is 1.53. The van der Waals surface area contributed by atoms with Crippen molar-refractivity contribution in [3.05, 3.63) is 60.4 Å². The van der Waals surface area contributed by atoms with Gasteiger partial charge in [0.25, 0.3) is 5.91 Å². The average molecular weight is 367 g/mol. The molecule has 1 aliphatic heterocycles. The Morgan fingerprint density at radius 1 is 1.19 bits per heavy atom. The molecule has 1 atom stereocenters. The van der Waals surface area contributed by atoms with Crippen molar-refractivity contribution >= 4 is 11.9 Å². The first-order valence-electron chi connectivity index (χ1n) is 8.28. The molecule has 1 fully saturated rings. The van der Waals surface area contributed by atoms with E-state index in [4.69, 9.17) is 13.6 Å². The SMILES string of the molecule is COc1ccc(-c2nc(CN3C(=O)N[C@@](C)(c4ccco4)C3=O)co2)cc1. The molecule has 4 rings (SSSR count). The smallest absolute Gasteiger partial charge is 0.325 e. The highest BCUT2D eigenvalue weighted by Gasteiger charge is 2.51. The topological polar surface area (TPSA) is 97.8 Å². The number of methoxy groups -OCH3 is 1. The molecule has 3 aromatic rings. The number of imide groups is 1. The number of benzene rings is 1. The van der Waals surface area contributed by atoms with Gasteiger partial charge < -0.3 is 18.9 Å². The van der Waals surface area contributed by atoms with Crippen molar-refractivity contribution in [1.29, 1.82) is 0 Å². The van der Waals surface area contributed by atoms with Crippen LogP contribution < -0.4 is 10.1 Å². The van der Waals surface area contributed by atoms with Gasteiger partial charge in [-0.1, -0.05) is 0 Å². The Morgan fingerprint density at radius 3 is 2.63 bits per heavy atom. The maximum atomic E-state index is 12.8. The minimum absolute atomic E-state index is 0.000615. The molecule has 0 aliphatic carbocycles. The normalized spacial score (nSPS) is 19.4. The lowest BCUT2D eigenvalue weighted by molar-refractivity contribution is -0.132. The second-order valence-electron chi connectivity index (χ2n) is 6.30. The van der Waals surface area contributed by atoms with Gasteiger partial charge in [0.1, 0.15) is 17.8 Å². The van der Waals surface area contributed by atoms with Crippen molar-refractivity contribution in [1.82, 2.24) is 15.2 Å². The summed E-state index contributed by atoms with van der Waals surface area (Å²) < 4.78 is 15.9. The summed E-state index contributed by atoms with van der Waals surface area (Å²) in [4.78, 5) is 30.6. The number of hydrogen-bond acceptors (Lipinski definition) is 6. The van der Waals surface area contributed by atoms with Gasteiger partial charge >= 0.3 is 6.03 Å². The third-order valence-corrected chi connectivity index (χ3v) is 4.50. The minimum atomic E-state index is -1.23. The molecule has 0 bridgehead atoms. The van der Waals surface area contributed by atoms with E-state index < -0.39 is 17.5 Å². The number of oxazole rings is 1. The summed E-state index contributed by atoms with van der Waals surface area (Å²) >= 11 is 0. The van der Waals surface area contributed by atoms with E-state index in [1.54, 1.807) is 38.3 Å². The van der Waals surface area contributed by atoms with Crippen molar-refractivity contribution in [3.8, 4) is 17.2 Å². The molecule has 138 valence electrons. The molecule has 0 spiro atoms. The highest BCUT2D eigenvalue weighted by molar-refractivity contribution is 6.06. The van der Waals surface area contributed by atoms with E-state index in [2.05, 4.69) is 10.3 Å². The molecule has 8 nitrogen and oxygen atoms in total. The number of rotatable bonds is 5. The van der Waals surface area contributed by atoms with Crippen molar-refractivity contribution in [2.75, 3.05) is 7.11 Å². The summed E-state index contributed by atoms with van der Waals surface area (Å²) in [7, 11) is 1.59. The minimum Gasteiger partial charge on any atom is -0.497 e. The maximum Gasteiger partial charge on any atom is 0.325 e. The number of carbonyl (C=O) groups is 2. The molecular formula is C19H17N3O5. The number of ether oxygens (including phenoxy) is 1. The molecule has 2 aromatic heterocycles. The largest absolute Gasteiger partial charge is 0.497 e. The van der Waals surface area contributed by atoms with Crippen LogP contribution in [-0.2, 0) is 16.9 Å². The van der Waals surface area contributed by atoms with E-state index >= 15 is 0 Å². The molecule has 0 radical (unpaired) electrons. The summed E-state index contributed by atoms with van der Waals surface area (Å²) in [5.41, 5.74) is -0.00366. The Kier molecular flexibility index (Phi) is 3.95. The maximum absolute atomic E-state index is 12.8. The van der Waals surface area contributed by atoms with Gasteiger partial charge in [0.2, 0.25) is 5.89 Å². The van der Waals surface area contributed by atoms with Gasteiger partial charge in [0.15, 0.2) is 5.54 Å². The molecule has 1 aromatic carbocycles. The number of nitrogens with zero attached hydrogens (tertiary/aromatic N) is 2.